The molecule has 6 heteroatoms. The number of aromatic nitrogens is 4. The van der Waals surface area contributed by atoms with E-state index in [9.17, 15) is 0 Å². The number of nitrogens with zero attached hydrogens (tertiary/aromatic N) is 4. The van der Waals surface area contributed by atoms with Crippen LogP contribution in [-0.4, -0.2) is 19.6 Å². The van der Waals surface area contributed by atoms with Crippen LogP contribution in [0.1, 0.15) is 23.8 Å². The zero-order chi connectivity index (χ0) is 14.7. The van der Waals surface area contributed by atoms with Crippen molar-refractivity contribution in [3.63, 3.8) is 0 Å². The maximum absolute atomic E-state index is 4.69. The van der Waals surface area contributed by atoms with E-state index in [0.29, 0.717) is 0 Å². The van der Waals surface area contributed by atoms with E-state index in [2.05, 4.69) is 33.6 Å². The zero-order valence-corrected chi connectivity index (χ0v) is 13.7. The van der Waals surface area contributed by atoms with Crippen LogP contribution in [0.3, 0.4) is 0 Å². The zero-order valence-electron chi connectivity index (χ0n) is 12.1. The number of hydrogen-bond donors (Lipinski definition) is 0. The molecule has 0 aliphatic heterocycles. The Balaban J connectivity index is 1.82. The summed E-state index contributed by atoms with van der Waals surface area (Å²) < 4.78 is 2.04. The van der Waals surface area contributed by atoms with Gasteiger partial charge in [0.1, 0.15) is 11.2 Å². The predicted molar refractivity (Wildman–Crippen MR) is 90.7 cm³/mol. The van der Waals surface area contributed by atoms with Gasteiger partial charge in [-0.15, -0.1) is 32.9 Å². The lowest BCUT2D eigenvalue weighted by molar-refractivity contribution is 0.509. The molecule has 0 saturated heterocycles. The molecule has 0 saturated carbocycles. The molecule has 1 atom stereocenters. The number of thiophene rings is 2. The highest BCUT2D eigenvalue weighted by Crippen LogP contribution is 2.39. The fourth-order valence-electron chi connectivity index (χ4n) is 3.31. The van der Waals surface area contributed by atoms with Crippen molar-refractivity contribution in [3.8, 4) is 10.7 Å². The molecule has 0 spiro atoms. The molecule has 0 N–H and O–H groups in total. The average Bonchev–Trinajstić information content (AvgIpc) is 3.22. The van der Waals surface area contributed by atoms with E-state index in [4.69, 9.17) is 0 Å². The summed E-state index contributed by atoms with van der Waals surface area (Å²) in [5.74, 6) is 1.67. The summed E-state index contributed by atoms with van der Waals surface area (Å²) in [6.45, 7) is 2.34. The second-order valence-corrected chi connectivity index (χ2v) is 8.00. The first kappa shape index (κ1) is 12.7. The van der Waals surface area contributed by atoms with Crippen LogP contribution in [0.2, 0.25) is 0 Å². The van der Waals surface area contributed by atoms with Crippen molar-refractivity contribution in [1.82, 2.24) is 19.6 Å². The van der Waals surface area contributed by atoms with Crippen molar-refractivity contribution in [1.29, 1.82) is 0 Å². The Hall–Kier alpha value is -1.79. The van der Waals surface area contributed by atoms with Gasteiger partial charge in [0, 0.05) is 4.88 Å². The monoisotopic (exact) mass is 326 g/mol. The third-order valence-electron chi connectivity index (χ3n) is 4.44. The Morgan fingerprint density at radius 3 is 3.14 bits per heavy atom. The van der Waals surface area contributed by atoms with Crippen LogP contribution in [0.5, 0.6) is 0 Å². The first-order valence-electron chi connectivity index (χ1n) is 7.49. The highest BCUT2D eigenvalue weighted by Gasteiger charge is 2.24. The highest BCUT2D eigenvalue weighted by atomic mass is 32.1. The molecule has 1 aliphatic carbocycles. The van der Waals surface area contributed by atoms with Crippen molar-refractivity contribution >= 4 is 38.5 Å². The molecule has 1 aliphatic rings. The van der Waals surface area contributed by atoms with Crippen molar-refractivity contribution in [3.05, 3.63) is 34.3 Å². The number of fused-ring (bicyclic) bond motifs is 5. The third kappa shape index (κ3) is 1.71. The molecule has 4 aromatic heterocycles. The molecule has 110 valence electrons. The Kier molecular flexibility index (Phi) is 2.66. The van der Waals surface area contributed by atoms with Crippen LogP contribution < -0.4 is 0 Å². The van der Waals surface area contributed by atoms with Crippen LogP contribution >= 0.6 is 22.7 Å². The van der Waals surface area contributed by atoms with Crippen LogP contribution in [-0.2, 0) is 12.8 Å². The Morgan fingerprint density at radius 1 is 1.32 bits per heavy atom. The van der Waals surface area contributed by atoms with Gasteiger partial charge in [-0.2, -0.15) is 0 Å². The Bertz CT molecular complexity index is 981. The van der Waals surface area contributed by atoms with Crippen molar-refractivity contribution in [2.75, 3.05) is 0 Å². The van der Waals surface area contributed by atoms with Gasteiger partial charge in [0.15, 0.2) is 11.5 Å². The summed E-state index contributed by atoms with van der Waals surface area (Å²) in [4.78, 5) is 8.42. The standard InChI is InChI=1S/C16H14N4S2/c1-9-4-5-10-12(7-9)22-16-13(10)15-19-18-14(20(15)8-17-16)11-3-2-6-21-11/h2-3,6,8-9H,4-5,7H2,1H3/t9-/m0/s1. The molecule has 0 amide bonds. The van der Waals surface area contributed by atoms with Crippen LogP contribution in [0.25, 0.3) is 26.6 Å². The molecule has 5 rings (SSSR count). The van der Waals surface area contributed by atoms with E-state index < -0.39 is 0 Å². The van der Waals surface area contributed by atoms with E-state index >= 15 is 0 Å². The van der Waals surface area contributed by atoms with Crippen LogP contribution in [0.4, 0.5) is 0 Å². The van der Waals surface area contributed by atoms with E-state index in [1.807, 2.05) is 28.1 Å². The Labute approximate surface area is 135 Å². The summed E-state index contributed by atoms with van der Waals surface area (Å²) in [5, 5.41) is 12.2. The Morgan fingerprint density at radius 2 is 2.27 bits per heavy atom. The van der Waals surface area contributed by atoms with E-state index in [-0.39, 0.29) is 0 Å². The van der Waals surface area contributed by atoms with Gasteiger partial charge in [-0.3, -0.25) is 4.40 Å². The number of aryl methyl sites for hydroxylation is 1. The molecule has 0 bridgehead atoms. The quantitative estimate of drug-likeness (QED) is 0.527. The van der Waals surface area contributed by atoms with E-state index in [0.717, 1.165) is 33.5 Å². The smallest absolute Gasteiger partial charge is 0.179 e. The second-order valence-electron chi connectivity index (χ2n) is 5.97. The van der Waals surface area contributed by atoms with Crippen LogP contribution in [0.15, 0.2) is 23.8 Å². The van der Waals surface area contributed by atoms with Gasteiger partial charge in [0.2, 0.25) is 0 Å². The summed E-state index contributed by atoms with van der Waals surface area (Å²) >= 11 is 3.52. The summed E-state index contributed by atoms with van der Waals surface area (Å²) in [6, 6.07) is 4.12. The van der Waals surface area contributed by atoms with Gasteiger partial charge in [0.25, 0.3) is 0 Å². The lowest BCUT2D eigenvalue weighted by Gasteiger charge is -2.17. The van der Waals surface area contributed by atoms with E-state index in [1.54, 1.807) is 11.3 Å². The van der Waals surface area contributed by atoms with Crippen molar-refractivity contribution < 1.29 is 0 Å². The maximum Gasteiger partial charge on any atom is 0.179 e. The topological polar surface area (TPSA) is 43.1 Å². The molecule has 4 aromatic rings. The molecule has 0 radical (unpaired) electrons. The molecular weight excluding hydrogens is 312 g/mol. The van der Waals surface area contributed by atoms with Gasteiger partial charge in [0.05, 0.1) is 10.3 Å². The van der Waals surface area contributed by atoms with Crippen molar-refractivity contribution in [2.24, 2.45) is 5.92 Å². The first-order chi connectivity index (χ1) is 10.8. The lowest BCUT2D eigenvalue weighted by atomic mass is 9.89. The minimum atomic E-state index is 0.774. The van der Waals surface area contributed by atoms with Crippen molar-refractivity contribution in [2.45, 2.75) is 26.2 Å². The van der Waals surface area contributed by atoms with Gasteiger partial charge in [-0.25, -0.2) is 4.98 Å². The molecule has 4 nitrogen and oxygen atoms in total. The minimum absolute atomic E-state index is 0.774. The van der Waals surface area contributed by atoms with Gasteiger partial charge in [-0.05, 0) is 42.2 Å². The summed E-state index contributed by atoms with van der Waals surface area (Å²) in [7, 11) is 0. The molecule has 0 unspecified atom stereocenters. The lowest BCUT2D eigenvalue weighted by Crippen LogP contribution is -2.08. The predicted octanol–water partition coefficient (Wildman–Crippen LogP) is 4.19. The molecule has 4 heterocycles. The fraction of sp³-hybridized carbons (Fsp3) is 0.312. The highest BCUT2D eigenvalue weighted by molar-refractivity contribution is 7.19. The normalized spacial score (nSPS) is 18.1. The number of rotatable bonds is 1. The minimum Gasteiger partial charge on any atom is -0.264 e. The molecule has 22 heavy (non-hydrogen) atoms. The fourth-order valence-corrected chi connectivity index (χ4v) is 5.36. The average molecular weight is 326 g/mol. The summed E-state index contributed by atoms with van der Waals surface area (Å²) in [6.07, 6.45) is 5.44. The molecule has 0 aromatic carbocycles. The second kappa shape index (κ2) is 4.60. The third-order valence-corrected chi connectivity index (χ3v) is 6.47. The van der Waals surface area contributed by atoms with Crippen LogP contribution in [0, 0.1) is 5.92 Å². The number of hydrogen-bond acceptors (Lipinski definition) is 5. The van der Waals surface area contributed by atoms with Gasteiger partial charge >= 0.3 is 0 Å². The molecule has 0 fully saturated rings. The first-order valence-corrected chi connectivity index (χ1v) is 9.18. The summed E-state index contributed by atoms with van der Waals surface area (Å²) in [5.41, 5.74) is 2.42. The largest absolute Gasteiger partial charge is 0.264 e. The maximum atomic E-state index is 4.69. The van der Waals surface area contributed by atoms with Gasteiger partial charge < -0.3 is 0 Å². The SMILES string of the molecule is C[C@H]1CCc2c(sc3ncn4c(-c5cccs5)nnc4c23)C1. The molecular formula is C16H14N4S2. The van der Waals surface area contributed by atoms with E-state index in [1.165, 1.54) is 28.7 Å². The van der Waals surface area contributed by atoms with Gasteiger partial charge in [-0.1, -0.05) is 13.0 Å².